The van der Waals surface area contributed by atoms with Gasteiger partial charge in [-0.05, 0) is 25.1 Å². The number of nitrogens with zero attached hydrogens (tertiary/aromatic N) is 1. The van der Waals surface area contributed by atoms with Gasteiger partial charge in [0.15, 0.2) is 0 Å². The molecule has 1 aromatic carbocycles. The Balaban J connectivity index is 2.73. The smallest absolute Gasteiger partial charge is 0.337 e. The van der Waals surface area contributed by atoms with Crippen LogP contribution in [0.3, 0.4) is 0 Å². The monoisotopic (exact) mass is 214 g/mol. The zero-order valence-electron chi connectivity index (χ0n) is 9.00. The number of H-pyrrole nitrogens is 1. The van der Waals surface area contributed by atoms with Crippen molar-refractivity contribution in [2.75, 3.05) is 7.11 Å². The molecule has 80 valence electrons. The molecule has 4 heteroatoms. The van der Waals surface area contributed by atoms with Crippen LogP contribution < -0.4 is 0 Å². The van der Waals surface area contributed by atoms with Gasteiger partial charge in [-0.3, -0.25) is 0 Å². The van der Waals surface area contributed by atoms with Crippen molar-refractivity contribution in [1.29, 1.82) is 5.26 Å². The highest BCUT2D eigenvalue weighted by atomic mass is 16.5. The van der Waals surface area contributed by atoms with Crippen LogP contribution in [0.4, 0.5) is 0 Å². The first-order valence-electron chi connectivity index (χ1n) is 4.77. The first kappa shape index (κ1) is 10.2. The lowest BCUT2D eigenvalue weighted by Crippen LogP contribution is -2.01. The number of fused-ring (bicyclic) bond motifs is 1. The minimum Gasteiger partial charge on any atom is -0.465 e. The Kier molecular flexibility index (Phi) is 2.37. The van der Waals surface area contributed by atoms with Crippen LogP contribution in [0.15, 0.2) is 18.2 Å². The van der Waals surface area contributed by atoms with E-state index in [-0.39, 0.29) is 0 Å². The van der Waals surface area contributed by atoms with Crippen molar-refractivity contribution in [2.45, 2.75) is 6.92 Å². The molecule has 1 N–H and O–H groups in total. The van der Waals surface area contributed by atoms with Gasteiger partial charge in [0, 0.05) is 11.1 Å². The fourth-order valence-corrected chi connectivity index (χ4v) is 1.71. The normalized spacial score (nSPS) is 10.1. The molecule has 16 heavy (non-hydrogen) atoms. The summed E-state index contributed by atoms with van der Waals surface area (Å²) in [5, 5.41) is 9.85. The van der Waals surface area contributed by atoms with E-state index in [4.69, 9.17) is 5.26 Å². The van der Waals surface area contributed by atoms with Crippen LogP contribution in [0, 0.1) is 18.3 Å². The second-order valence-electron chi connectivity index (χ2n) is 3.54. The molecule has 1 aromatic heterocycles. The van der Waals surface area contributed by atoms with E-state index in [1.165, 1.54) is 13.2 Å². The molecule has 2 rings (SSSR count). The number of benzene rings is 1. The van der Waals surface area contributed by atoms with E-state index in [2.05, 4.69) is 15.8 Å². The standard InChI is InChI=1S/C12H10N2O2/c1-7-3-8-4-9(12(15)16-2)5-10(6-13)11(8)14-7/h3-5,14H,1-2H3. The summed E-state index contributed by atoms with van der Waals surface area (Å²) < 4.78 is 4.63. The highest BCUT2D eigenvalue weighted by Crippen LogP contribution is 2.21. The van der Waals surface area contributed by atoms with Crippen LogP contribution in [-0.4, -0.2) is 18.1 Å². The van der Waals surface area contributed by atoms with E-state index in [1.54, 1.807) is 6.07 Å². The topological polar surface area (TPSA) is 65.9 Å². The number of carbonyl (C=O) groups excluding carboxylic acids is 1. The van der Waals surface area contributed by atoms with Crippen LogP contribution in [-0.2, 0) is 4.74 Å². The molecule has 0 saturated heterocycles. The van der Waals surface area contributed by atoms with E-state index in [0.29, 0.717) is 11.1 Å². The number of aryl methyl sites for hydroxylation is 1. The number of aromatic nitrogens is 1. The lowest BCUT2D eigenvalue weighted by molar-refractivity contribution is 0.0601. The Hall–Kier alpha value is -2.28. The third-order valence-corrected chi connectivity index (χ3v) is 2.40. The number of hydrogen-bond acceptors (Lipinski definition) is 3. The number of ether oxygens (including phenoxy) is 1. The fourth-order valence-electron chi connectivity index (χ4n) is 1.71. The van der Waals surface area contributed by atoms with Gasteiger partial charge in [-0.2, -0.15) is 5.26 Å². The summed E-state index contributed by atoms with van der Waals surface area (Å²) in [6.07, 6.45) is 0. The van der Waals surface area contributed by atoms with Gasteiger partial charge >= 0.3 is 5.97 Å². The highest BCUT2D eigenvalue weighted by molar-refractivity contribution is 5.97. The average molecular weight is 214 g/mol. The van der Waals surface area contributed by atoms with Crippen LogP contribution in [0.25, 0.3) is 10.9 Å². The molecule has 0 atom stereocenters. The molecule has 0 amide bonds. The molecule has 0 aliphatic heterocycles. The summed E-state index contributed by atoms with van der Waals surface area (Å²) in [5.41, 5.74) is 2.55. The number of rotatable bonds is 1. The Labute approximate surface area is 92.4 Å². The van der Waals surface area contributed by atoms with E-state index < -0.39 is 5.97 Å². The zero-order valence-corrected chi connectivity index (χ0v) is 9.00. The second-order valence-corrected chi connectivity index (χ2v) is 3.54. The van der Waals surface area contributed by atoms with Gasteiger partial charge in [-0.1, -0.05) is 0 Å². The lowest BCUT2D eigenvalue weighted by Gasteiger charge is -2.00. The molecule has 0 aliphatic carbocycles. The first-order chi connectivity index (χ1) is 7.65. The average Bonchev–Trinajstić information content (AvgIpc) is 2.66. The summed E-state index contributed by atoms with van der Waals surface area (Å²) in [7, 11) is 1.32. The highest BCUT2D eigenvalue weighted by Gasteiger charge is 2.11. The van der Waals surface area contributed by atoms with Crippen molar-refractivity contribution in [2.24, 2.45) is 0 Å². The van der Waals surface area contributed by atoms with E-state index in [9.17, 15) is 4.79 Å². The quantitative estimate of drug-likeness (QED) is 0.739. The summed E-state index contributed by atoms with van der Waals surface area (Å²) in [6, 6.07) is 7.20. The third-order valence-electron chi connectivity index (χ3n) is 2.40. The van der Waals surface area contributed by atoms with Crippen LogP contribution in [0.5, 0.6) is 0 Å². The Morgan fingerprint density at radius 1 is 1.44 bits per heavy atom. The van der Waals surface area contributed by atoms with Crippen molar-refractivity contribution < 1.29 is 9.53 Å². The maximum atomic E-state index is 11.4. The minimum absolute atomic E-state index is 0.394. The van der Waals surface area contributed by atoms with Crippen molar-refractivity contribution in [3.05, 3.63) is 35.0 Å². The summed E-state index contributed by atoms with van der Waals surface area (Å²) in [6.45, 7) is 1.90. The molecule has 0 saturated carbocycles. The largest absolute Gasteiger partial charge is 0.465 e. The van der Waals surface area contributed by atoms with E-state index >= 15 is 0 Å². The molecular weight excluding hydrogens is 204 g/mol. The van der Waals surface area contributed by atoms with E-state index in [0.717, 1.165) is 16.6 Å². The molecule has 1 heterocycles. The Bertz CT molecular complexity index is 605. The van der Waals surface area contributed by atoms with Crippen molar-refractivity contribution >= 4 is 16.9 Å². The molecule has 2 aromatic rings. The number of carbonyl (C=O) groups is 1. The molecule has 0 radical (unpaired) electrons. The number of methoxy groups -OCH3 is 1. The lowest BCUT2D eigenvalue weighted by atomic mass is 10.1. The van der Waals surface area contributed by atoms with Crippen molar-refractivity contribution in [3.63, 3.8) is 0 Å². The van der Waals surface area contributed by atoms with Crippen LogP contribution in [0.1, 0.15) is 21.6 Å². The predicted octanol–water partition coefficient (Wildman–Crippen LogP) is 2.13. The van der Waals surface area contributed by atoms with Crippen molar-refractivity contribution in [3.8, 4) is 6.07 Å². The summed E-state index contributed by atoms with van der Waals surface area (Å²) >= 11 is 0. The maximum absolute atomic E-state index is 11.4. The number of hydrogen-bond donors (Lipinski definition) is 1. The van der Waals surface area contributed by atoms with Gasteiger partial charge in [0.25, 0.3) is 0 Å². The molecule has 0 aliphatic rings. The predicted molar refractivity (Wildman–Crippen MR) is 59.1 cm³/mol. The van der Waals surface area contributed by atoms with Crippen LogP contribution >= 0.6 is 0 Å². The second kappa shape index (κ2) is 3.70. The summed E-state index contributed by atoms with van der Waals surface area (Å²) in [5.74, 6) is -0.433. The van der Waals surface area contributed by atoms with Gasteiger partial charge in [-0.15, -0.1) is 0 Å². The molecule has 0 bridgehead atoms. The molecule has 0 spiro atoms. The van der Waals surface area contributed by atoms with Crippen LogP contribution in [0.2, 0.25) is 0 Å². The minimum atomic E-state index is -0.433. The Morgan fingerprint density at radius 3 is 2.81 bits per heavy atom. The molecule has 0 unspecified atom stereocenters. The number of aromatic amines is 1. The van der Waals surface area contributed by atoms with Gasteiger partial charge in [0.1, 0.15) is 6.07 Å². The molecular formula is C12H10N2O2. The maximum Gasteiger partial charge on any atom is 0.337 e. The SMILES string of the molecule is COC(=O)c1cc(C#N)c2[nH]c(C)cc2c1. The molecule has 4 nitrogen and oxygen atoms in total. The summed E-state index contributed by atoms with van der Waals surface area (Å²) in [4.78, 5) is 14.5. The molecule has 0 fully saturated rings. The van der Waals surface area contributed by atoms with Crippen molar-refractivity contribution in [1.82, 2.24) is 4.98 Å². The number of esters is 1. The fraction of sp³-hybridized carbons (Fsp3) is 0.167. The van der Waals surface area contributed by atoms with Gasteiger partial charge in [0.05, 0.1) is 23.8 Å². The van der Waals surface area contributed by atoms with Gasteiger partial charge in [0.2, 0.25) is 0 Å². The first-order valence-corrected chi connectivity index (χ1v) is 4.77. The van der Waals surface area contributed by atoms with E-state index in [1.807, 2.05) is 13.0 Å². The number of nitriles is 1. The van der Waals surface area contributed by atoms with Gasteiger partial charge < -0.3 is 9.72 Å². The third kappa shape index (κ3) is 1.52. The zero-order chi connectivity index (χ0) is 11.7. The number of nitrogens with one attached hydrogen (secondary N) is 1. The van der Waals surface area contributed by atoms with Gasteiger partial charge in [-0.25, -0.2) is 4.79 Å². The Morgan fingerprint density at radius 2 is 2.19 bits per heavy atom.